The van der Waals surface area contributed by atoms with Crippen LogP contribution in [0.25, 0.3) is 0 Å². The molecular weight excluding hydrogens is 642 g/mol. The summed E-state index contributed by atoms with van der Waals surface area (Å²) in [6.07, 6.45) is -1.37. The number of halogens is 4. The molecule has 4 fully saturated rings. The van der Waals surface area contributed by atoms with E-state index in [1.165, 1.54) is 13.2 Å². The van der Waals surface area contributed by atoms with Gasteiger partial charge in [-0.1, -0.05) is 31.5 Å². The van der Waals surface area contributed by atoms with Crippen LogP contribution in [0.3, 0.4) is 0 Å². The number of benzene rings is 2. The van der Waals surface area contributed by atoms with Crippen LogP contribution in [0, 0.1) is 11.8 Å². The molecule has 4 aliphatic rings. The van der Waals surface area contributed by atoms with E-state index in [0.717, 1.165) is 30.0 Å². The SMILES string of the molecule is CC[C@H]1CN(C(=O)[C@]2(F)CN(C3CCOCC3)C[C@H]2c2ccc(OC)cc2)C[C@@H]1c1ccc(C(F)(F)F)cc1N1CCC(C(=O)OC)CC1. The van der Waals surface area contributed by atoms with E-state index >= 15 is 4.39 Å². The van der Waals surface area contributed by atoms with E-state index < -0.39 is 29.2 Å². The van der Waals surface area contributed by atoms with Gasteiger partial charge in [-0.2, -0.15) is 13.2 Å². The van der Waals surface area contributed by atoms with Gasteiger partial charge in [0.2, 0.25) is 5.67 Å². The van der Waals surface area contributed by atoms with Gasteiger partial charge in [-0.25, -0.2) is 4.39 Å². The molecule has 2 aromatic carbocycles. The molecule has 12 heteroatoms. The van der Waals surface area contributed by atoms with Crippen molar-refractivity contribution < 1.29 is 41.4 Å². The maximum atomic E-state index is 17.7. The fraction of sp³-hybridized carbons (Fsp3) is 0.622. The molecule has 4 heterocycles. The average Bonchev–Trinajstić information content (AvgIpc) is 3.73. The summed E-state index contributed by atoms with van der Waals surface area (Å²) in [4.78, 5) is 32.3. The number of methoxy groups -OCH3 is 2. The average molecular weight is 690 g/mol. The number of hydrogen-bond donors (Lipinski definition) is 0. The monoisotopic (exact) mass is 689 g/mol. The van der Waals surface area contributed by atoms with Gasteiger partial charge in [0.15, 0.2) is 0 Å². The molecule has 0 aromatic heterocycles. The van der Waals surface area contributed by atoms with E-state index in [-0.39, 0.29) is 42.9 Å². The van der Waals surface area contributed by atoms with E-state index in [4.69, 9.17) is 14.2 Å². The highest BCUT2D eigenvalue weighted by Crippen LogP contribution is 2.47. The number of amides is 1. The highest BCUT2D eigenvalue weighted by atomic mass is 19.4. The second kappa shape index (κ2) is 14.5. The fourth-order valence-electron chi connectivity index (χ4n) is 8.50. The van der Waals surface area contributed by atoms with Crippen molar-refractivity contribution in [3.05, 3.63) is 59.2 Å². The van der Waals surface area contributed by atoms with E-state index in [9.17, 15) is 22.8 Å². The lowest BCUT2D eigenvalue weighted by Gasteiger charge is -2.35. The highest BCUT2D eigenvalue weighted by molar-refractivity contribution is 5.88. The van der Waals surface area contributed by atoms with Crippen molar-refractivity contribution >= 4 is 17.6 Å². The summed E-state index contributed by atoms with van der Waals surface area (Å²) in [5.74, 6) is -1.56. The van der Waals surface area contributed by atoms with Gasteiger partial charge in [-0.05, 0) is 67.0 Å². The molecule has 0 saturated carbocycles. The third kappa shape index (κ3) is 7.13. The Morgan fingerprint density at radius 1 is 0.959 bits per heavy atom. The molecule has 6 rings (SSSR count). The van der Waals surface area contributed by atoms with Crippen LogP contribution >= 0.6 is 0 Å². The van der Waals surface area contributed by atoms with Gasteiger partial charge in [0.25, 0.3) is 5.91 Å². The van der Waals surface area contributed by atoms with Crippen LogP contribution in [0.2, 0.25) is 0 Å². The molecule has 0 bridgehead atoms. The van der Waals surface area contributed by atoms with Crippen LogP contribution in [-0.4, -0.2) is 100 Å². The summed E-state index contributed by atoms with van der Waals surface area (Å²) in [5, 5.41) is 0. The van der Waals surface area contributed by atoms with E-state index in [1.54, 1.807) is 30.2 Å². The number of anilines is 1. The Balaban J connectivity index is 1.29. The first-order valence-electron chi connectivity index (χ1n) is 17.4. The number of piperidine rings is 1. The molecule has 4 saturated heterocycles. The number of rotatable bonds is 8. The van der Waals surface area contributed by atoms with Gasteiger partial charge in [0.1, 0.15) is 5.75 Å². The summed E-state index contributed by atoms with van der Waals surface area (Å²) in [5.41, 5.74) is -1.01. The first-order chi connectivity index (χ1) is 23.5. The van der Waals surface area contributed by atoms with E-state index in [0.29, 0.717) is 70.1 Å². The lowest BCUT2D eigenvalue weighted by atomic mass is 9.84. The summed E-state index contributed by atoms with van der Waals surface area (Å²) < 4.78 is 75.4. The minimum atomic E-state index is -4.53. The molecule has 4 aliphatic heterocycles. The van der Waals surface area contributed by atoms with Crippen molar-refractivity contribution in [1.29, 1.82) is 0 Å². The highest BCUT2D eigenvalue weighted by Gasteiger charge is 2.57. The summed E-state index contributed by atoms with van der Waals surface area (Å²) in [6, 6.07) is 11.2. The molecule has 0 radical (unpaired) electrons. The fourth-order valence-corrected chi connectivity index (χ4v) is 8.50. The summed E-state index contributed by atoms with van der Waals surface area (Å²) in [6.45, 7) is 4.93. The Kier molecular flexibility index (Phi) is 10.5. The number of likely N-dealkylation sites (tertiary alicyclic amines) is 2. The van der Waals surface area contributed by atoms with E-state index in [2.05, 4.69) is 4.90 Å². The number of ether oxygens (including phenoxy) is 3. The predicted molar refractivity (Wildman–Crippen MR) is 176 cm³/mol. The van der Waals surface area contributed by atoms with Crippen LogP contribution in [0.1, 0.15) is 67.6 Å². The van der Waals surface area contributed by atoms with Crippen molar-refractivity contribution in [2.24, 2.45) is 11.8 Å². The minimum Gasteiger partial charge on any atom is -0.497 e. The number of alkyl halides is 4. The molecule has 0 spiro atoms. The maximum absolute atomic E-state index is 17.7. The molecule has 49 heavy (non-hydrogen) atoms. The third-order valence-corrected chi connectivity index (χ3v) is 11.4. The third-order valence-electron chi connectivity index (χ3n) is 11.4. The zero-order chi connectivity index (χ0) is 34.9. The number of carbonyl (C=O) groups excluding carboxylic acids is 2. The van der Waals surface area contributed by atoms with Crippen LogP contribution in [-0.2, 0) is 25.2 Å². The second-order valence-electron chi connectivity index (χ2n) is 14.0. The van der Waals surface area contributed by atoms with Gasteiger partial charge >= 0.3 is 12.1 Å². The molecule has 0 N–H and O–H groups in total. The van der Waals surface area contributed by atoms with Crippen molar-refractivity contribution in [2.75, 3.05) is 71.6 Å². The van der Waals surface area contributed by atoms with Crippen LogP contribution in [0.5, 0.6) is 5.75 Å². The molecule has 8 nitrogen and oxygen atoms in total. The van der Waals surface area contributed by atoms with Gasteiger partial charge in [0.05, 0.1) is 25.7 Å². The topological polar surface area (TPSA) is 71.6 Å². The van der Waals surface area contributed by atoms with Crippen molar-refractivity contribution in [2.45, 2.75) is 68.8 Å². The Morgan fingerprint density at radius 2 is 1.65 bits per heavy atom. The summed E-state index contributed by atoms with van der Waals surface area (Å²) in [7, 11) is 2.91. The number of esters is 1. The van der Waals surface area contributed by atoms with Gasteiger partial charge < -0.3 is 24.0 Å². The Bertz CT molecular complexity index is 1480. The van der Waals surface area contributed by atoms with Gasteiger partial charge in [0, 0.05) is 76.0 Å². The van der Waals surface area contributed by atoms with Crippen molar-refractivity contribution in [3.8, 4) is 5.75 Å². The number of hydrogen-bond acceptors (Lipinski definition) is 7. The lowest BCUT2D eigenvalue weighted by molar-refractivity contribution is -0.146. The predicted octanol–water partition coefficient (Wildman–Crippen LogP) is 6.04. The Labute approximate surface area is 285 Å². The van der Waals surface area contributed by atoms with Crippen LogP contribution < -0.4 is 9.64 Å². The molecular formula is C37H47F4N3O5. The maximum Gasteiger partial charge on any atom is 0.416 e. The largest absolute Gasteiger partial charge is 0.497 e. The van der Waals surface area contributed by atoms with Crippen molar-refractivity contribution in [3.63, 3.8) is 0 Å². The van der Waals surface area contributed by atoms with Crippen molar-refractivity contribution in [1.82, 2.24) is 9.80 Å². The van der Waals surface area contributed by atoms with Crippen LogP contribution in [0.4, 0.5) is 23.2 Å². The summed E-state index contributed by atoms with van der Waals surface area (Å²) >= 11 is 0. The molecule has 0 unspecified atom stereocenters. The molecule has 4 atom stereocenters. The Hall–Kier alpha value is -3.38. The van der Waals surface area contributed by atoms with E-state index in [1.807, 2.05) is 24.0 Å². The minimum absolute atomic E-state index is 0.0220. The zero-order valence-electron chi connectivity index (χ0n) is 28.5. The quantitative estimate of drug-likeness (QED) is 0.247. The smallest absolute Gasteiger partial charge is 0.416 e. The molecule has 268 valence electrons. The van der Waals surface area contributed by atoms with Gasteiger partial charge in [-0.15, -0.1) is 0 Å². The molecule has 2 aromatic rings. The Morgan fingerprint density at radius 3 is 2.27 bits per heavy atom. The number of nitrogens with zero attached hydrogens (tertiary/aromatic N) is 3. The molecule has 0 aliphatic carbocycles. The molecule has 1 amide bonds. The number of carbonyl (C=O) groups is 2. The zero-order valence-corrected chi connectivity index (χ0v) is 28.5. The van der Waals surface area contributed by atoms with Gasteiger partial charge in [-0.3, -0.25) is 14.5 Å². The lowest BCUT2D eigenvalue weighted by Crippen LogP contribution is -2.50. The first-order valence-corrected chi connectivity index (χ1v) is 17.4. The first kappa shape index (κ1) is 35.4. The van der Waals surface area contributed by atoms with Crippen LogP contribution in [0.15, 0.2) is 42.5 Å². The second-order valence-corrected chi connectivity index (χ2v) is 14.0. The standard InChI is InChI=1S/C37H47F4N3O5/c1-4-24-20-43(21-31(24)30-10-7-27(37(39,40)41)19-33(30)42-15-11-26(12-16-42)34(45)48-3)35(46)36(38)23-44(28-13-17-49-18-14-28)22-32(36)25-5-8-29(47-2)9-6-25/h5-10,19,24,26,28,31-32H,4,11-18,20-23H2,1-3H3/t24-,31-,32-,36-/m0/s1. The normalized spacial score (nSPS) is 27.4.